The predicted octanol–water partition coefficient (Wildman–Crippen LogP) is 2.44. The van der Waals surface area contributed by atoms with Crippen LogP contribution >= 0.6 is 11.8 Å². The zero-order valence-corrected chi connectivity index (χ0v) is 9.64. The van der Waals surface area contributed by atoms with Crippen LogP contribution < -0.4 is 5.73 Å². The van der Waals surface area contributed by atoms with E-state index < -0.39 is 0 Å². The molecular weight excluding hydrogens is 194 g/mol. The van der Waals surface area contributed by atoms with Crippen LogP contribution in [0.4, 0.5) is 5.69 Å². The molecule has 0 aliphatic carbocycles. The Labute approximate surface area is 89.5 Å². The van der Waals surface area contributed by atoms with Gasteiger partial charge in [-0.1, -0.05) is 6.92 Å². The highest BCUT2D eigenvalue weighted by Crippen LogP contribution is 2.27. The second kappa shape index (κ2) is 4.71. The number of rotatable bonds is 3. The molecule has 0 saturated carbocycles. The zero-order chi connectivity index (χ0) is 10.7. The highest BCUT2D eigenvalue weighted by molar-refractivity contribution is 8.00. The van der Waals surface area contributed by atoms with Crippen molar-refractivity contribution in [2.24, 2.45) is 0 Å². The summed E-state index contributed by atoms with van der Waals surface area (Å²) < 4.78 is 0. The van der Waals surface area contributed by atoms with E-state index in [2.05, 4.69) is 6.07 Å². The van der Waals surface area contributed by atoms with E-state index >= 15 is 0 Å². The van der Waals surface area contributed by atoms with Gasteiger partial charge in [-0.25, -0.2) is 0 Å². The molecule has 2 nitrogen and oxygen atoms in total. The molecule has 0 heterocycles. The Hall–Kier alpha value is -0.670. The number of benzene rings is 1. The Morgan fingerprint density at radius 3 is 2.43 bits per heavy atom. The lowest BCUT2D eigenvalue weighted by Crippen LogP contribution is -2.14. The number of anilines is 1. The van der Waals surface area contributed by atoms with E-state index in [1.54, 1.807) is 18.7 Å². The summed E-state index contributed by atoms with van der Waals surface area (Å²) in [5.74, 6) is 0. The van der Waals surface area contributed by atoms with Gasteiger partial charge in [0.25, 0.3) is 0 Å². The standard InChI is InChI=1S/C11H17NOS/c1-7-4-10(12)6-11(5-7)14-9(3)8(2)13/h4-6,8-9,13H,12H2,1-3H3. The van der Waals surface area contributed by atoms with Gasteiger partial charge in [-0.2, -0.15) is 0 Å². The van der Waals surface area contributed by atoms with Crippen LogP contribution in [0.1, 0.15) is 19.4 Å². The van der Waals surface area contributed by atoms with Crippen molar-refractivity contribution < 1.29 is 5.11 Å². The number of hydrogen-bond donors (Lipinski definition) is 2. The molecule has 3 N–H and O–H groups in total. The van der Waals surface area contributed by atoms with Crippen molar-refractivity contribution in [1.82, 2.24) is 0 Å². The van der Waals surface area contributed by atoms with Crippen molar-refractivity contribution >= 4 is 17.4 Å². The number of aliphatic hydroxyl groups excluding tert-OH is 1. The minimum absolute atomic E-state index is 0.191. The Balaban J connectivity index is 2.76. The number of aliphatic hydroxyl groups is 1. The average Bonchev–Trinajstić information content (AvgIpc) is 2.01. The molecule has 0 radical (unpaired) electrons. The van der Waals surface area contributed by atoms with Crippen molar-refractivity contribution in [2.75, 3.05) is 5.73 Å². The summed E-state index contributed by atoms with van der Waals surface area (Å²) in [5, 5.41) is 9.56. The van der Waals surface area contributed by atoms with Gasteiger partial charge in [0.2, 0.25) is 0 Å². The molecule has 14 heavy (non-hydrogen) atoms. The van der Waals surface area contributed by atoms with E-state index in [0.29, 0.717) is 0 Å². The van der Waals surface area contributed by atoms with Crippen LogP contribution in [0.25, 0.3) is 0 Å². The lowest BCUT2D eigenvalue weighted by molar-refractivity contribution is 0.196. The number of nitrogens with two attached hydrogens (primary N) is 1. The largest absolute Gasteiger partial charge is 0.399 e. The van der Waals surface area contributed by atoms with Gasteiger partial charge in [-0.3, -0.25) is 0 Å². The first-order chi connectivity index (χ1) is 6.49. The molecule has 78 valence electrons. The second-order valence-electron chi connectivity index (χ2n) is 3.64. The molecule has 2 unspecified atom stereocenters. The third kappa shape index (κ3) is 3.24. The minimum atomic E-state index is -0.304. The molecule has 1 aromatic rings. The van der Waals surface area contributed by atoms with Gasteiger partial charge in [-0.05, 0) is 37.6 Å². The van der Waals surface area contributed by atoms with Crippen molar-refractivity contribution in [2.45, 2.75) is 37.0 Å². The van der Waals surface area contributed by atoms with Gasteiger partial charge in [0.15, 0.2) is 0 Å². The second-order valence-corrected chi connectivity index (χ2v) is 5.09. The quantitative estimate of drug-likeness (QED) is 0.596. The molecule has 0 fully saturated rings. The smallest absolute Gasteiger partial charge is 0.0631 e. The fraction of sp³-hybridized carbons (Fsp3) is 0.455. The summed E-state index contributed by atoms with van der Waals surface area (Å²) in [7, 11) is 0. The maximum absolute atomic E-state index is 9.37. The van der Waals surface area contributed by atoms with Gasteiger partial charge < -0.3 is 10.8 Å². The van der Waals surface area contributed by atoms with Crippen LogP contribution in [0.15, 0.2) is 23.1 Å². The molecule has 1 rings (SSSR count). The van der Waals surface area contributed by atoms with Crippen LogP contribution in [-0.2, 0) is 0 Å². The lowest BCUT2D eigenvalue weighted by Gasteiger charge is -2.14. The van der Waals surface area contributed by atoms with Gasteiger partial charge in [0, 0.05) is 15.8 Å². The molecule has 0 bridgehead atoms. The fourth-order valence-electron chi connectivity index (χ4n) is 1.16. The van der Waals surface area contributed by atoms with E-state index in [1.165, 1.54) is 0 Å². The number of aryl methyl sites for hydroxylation is 1. The summed E-state index contributed by atoms with van der Waals surface area (Å²) in [4.78, 5) is 1.12. The third-order valence-corrected chi connectivity index (χ3v) is 3.35. The van der Waals surface area contributed by atoms with Crippen LogP contribution in [0.2, 0.25) is 0 Å². The van der Waals surface area contributed by atoms with E-state index in [1.807, 2.05) is 26.0 Å². The Bertz CT molecular complexity index is 292. The summed E-state index contributed by atoms with van der Waals surface area (Å²) >= 11 is 1.65. The molecular formula is C11H17NOS. The van der Waals surface area contributed by atoms with Gasteiger partial charge in [0.05, 0.1) is 6.10 Å². The highest BCUT2D eigenvalue weighted by atomic mass is 32.2. The summed E-state index contributed by atoms with van der Waals surface area (Å²) in [6.45, 7) is 5.83. The lowest BCUT2D eigenvalue weighted by atomic mass is 10.2. The first kappa shape index (κ1) is 11.4. The van der Waals surface area contributed by atoms with E-state index in [4.69, 9.17) is 5.73 Å². The zero-order valence-electron chi connectivity index (χ0n) is 8.82. The monoisotopic (exact) mass is 211 g/mol. The van der Waals surface area contributed by atoms with Crippen LogP contribution in [0.5, 0.6) is 0 Å². The Kier molecular flexibility index (Phi) is 3.84. The summed E-state index contributed by atoms with van der Waals surface area (Å²) in [5.41, 5.74) is 7.68. The highest BCUT2D eigenvalue weighted by Gasteiger charge is 2.10. The van der Waals surface area contributed by atoms with Crippen LogP contribution in [0, 0.1) is 6.92 Å². The van der Waals surface area contributed by atoms with Crippen LogP contribution in [0.3, 0.4) is 0 Å². The van der Waals surface area contributed by atoms with Crippen molar-refractivity contribution in [3.63, 3.8) is 0 Å². The summed E-state index contributed by atoms with van der Waals surface area (Å²) in [6.07, 6.45) is -0.304. The number of hydrogen-bond acceptors (Lipinski definition) is 3. The predicted molar refractivity (Wildman–Crippen MR) is 62.6 cm³/mol. The molecule has 0 aliphatic rings. The first-order valence-electron chi connectivity index (χ1n) is 4.71. The number of nitrogen functional groups attached to an aromatic ring is 1. The molecule has 1 aromatic carbocycles. The Morgan fingerprint density at radius 2 is 1.93 bits per heavy atom. The van der Waals surface area contributed by atoms with Crippen molar-refractivity contribution in [3.8, 4) is 0 Å². The summed E-state index contributed by atoms with van der Waals surface area (Å²) in [6, 6.07) is 5.97. The maximum atomic E-state index is 9.37. The van der Waals surface area contributed by atoms with Gasteiger partial charge in [-0.15, -0.1) is 11.8 Å². The fourth-order valence-corrected chi connectivity index (χ4v) is 2.24. The topological polar surface area (TPSA) is 46.2 Å². The average molecular weight is 211 g/mol. The van der Waals surface area contributed by atoms with E-state index in [9.17, 15) is 5.11 Å². The van der Waals surface area contributed by atoms with E-state index in [0.717, 1.165) is 16.1 Å². The van der Waals surface area contributed by atoms with Gasteiger partial charge >= 0.3 is 0 Å². The normalized spacial score (nSPS) is 15.1. The third-order valence-electron chi connectivity index (χ3n) is 2.07. The molecule has 2 atom stereocenters. The minimum Gasteiger partial charge on any atom is -0.399 e. The molecule has 0 amide bonds. The molecule has 0 spiro atoms. The molecule has 3 heteroatoms. The van der Waals surface area contributed by atoms with Crippen molar-refractivity contribution in [3.05, 3.63) is 23.8 Å². The first-order valence-corrected chi connectivity index (χ1v) is 5.59. The van der Waals surface area contributed by atoms with E-state index in [-0.39, 0.29) is 11.4 Å². The Morgan fingerprint density at radius 1 is 1.29 bits per heavy atom. The molecule has 0 saturated heterocycles. The number of thioether (sulfide) groups is 1. The SMILES string of the molecule is Cc1cc(N)cc(SC(C)C(C)O)c1. The van der Waals surface area contributed by atoms with Crippen LogP contribution in [-0.4, -0.2) is 16.5 Å². The van der Waals surface area contributed by atoms with Crippen molar-refractivity contribution in [1.29, 1.82) is 0 Å². The maximum Gasteiger partial charge on any atom is 0.0631 e. The van der Waals surface area contributed by atoms with Gasteiger partial charge in [0.1, 0.15) is 0 Å². The molecule has 0 aliphatic heterocycles. The molecule has 0 aromatic heterocycles.